The molecule has 128 valence electrons. The van der Waals surface area contributed by atoms with Gasteiger partial charge in [0, 0.05) is 43.9 Å². The first kappa shape index (κ1) is 16.7. The van der Waals surface area contributed by atoms with Crippen LogP contribution in [0.3, 0.4) is 0 Å². The molecule has 0 radical (unpaired) electrons. The minimum Gasteiger partial charge on any atom is -0.389 e. The Morgan fingerprint density at radius 2 is 2.12 bits per heavy atom. The first-order valence-electron chi connectivity index (χ1n) is 8.46. The Morgan fingerprint density at radius 3 is 2.83 bits per heavy atom. The normalized spacial score (nSPS) is 17.4. The van der Waals surface area contributed by atoms with Crippen molar-refractivity contribution >= 4 is 5.91 Å². The topological polar surface area (TPSA) is 58.4 Å². The lowest BCUT2D eigenvalue weighted by Gasteiger charge is -2.33. The summed E-state index contributed by atoms with van der Waals surface area (Å²) in [6.07, 6.45) is 5.21. The van der Waals surface area contributed by atoms with Crippen molar-refractivity contribution in [2.24, 2.45) is 5.92 Å². The van der Waals surface area contributed by atoms with E-state index in [9.17, 15) is 9.90 Å². The van der Waals surface area contributed by atoms with Crippen LogP contribution in [-0.4, -0.2) is 37.6 Å². The van der Waals surface area contributed by atoms with E-state index in [0.29, 0.717) is 13.1 Å². The number of aromatic nitrogens is 2. The van der Waals surface area contributed by atoms with Crippen molar-refractivity contribution in [3.63, 3.8) is 0 Å². The van der Waals surface area contributed by atoms with Gasteiger partial charge in [0.25, 0.3) is 0 Å². The molecule has 5 heteroatoms. The molecular formula is C19H25N3O2. The minimum absolute atomic E-state index is 0.0414. The number of fused-ring (bicyclic) bond motifs is 1. The van der Waals surface area contributed by atoms with Gasteiger partial charge in [0.05, 0.1) is 11.9 Å². The number of hydrogen-bond donors (Lipinski definition) is 1. The molecule has 5 nitrogen and oxygen atoms in total. The van der Waals surface area contributed by atoms with E-state index < -0.39 is 5.60 Å². The maximum atomic E-state index is 13.1. The molecule has 2 aromatic rings. The van der Waals surface area contributed by atoms with Gasteiger partial charge in [0.2, 0.25) is 5.91 Å². The number of carbonyl (C=O) groups is 1. The maximum absolute atomic E-state index is 13.1. The number of aryl methyl sites for hydroxylation is 1. The standard InChI is InChI=1S/C19H25N3O2/c1-19(2,24)13-22(12-15-6-4-3-5-7-15)18(23)16-8-9-21-14-20-11-17(21)10-16/h3-7,11,14,16,24H,8-10,12-13H2,1-2H3. The van der Waals surface area contributed by atoms with E-state index in [4.69, 9.17) is 0 Å². The summed E-state index contributed by atoms with van der Waals surface area (Å²) in [7, 11) is 0. The Hall–Kier alpha value is -2.14. The van der Waals surface area contributed by atoms with Gasteiger partial charge < -0.3 is 14.6 Å². The fourth-order valence-corrected chi connectivity index (χ4v) is 3.32. The molecule has 1 aliphatic rings. The molecule has 1 atom stereocenters. The highest BCUT2D eigenvalue weighted by molar-refractivity contribution is 5.79. The summed E-state index contributed by atoms with van der Waals surface area (Å²) in [5, 5.41) is 10.2. The zero-order valence-corrected chi connectivity index (χ0v) is 14.4. The molecule has 1 unspecified atom stereocenters. The van der Waals surface area contributed by atoms with E-state index in [2.05, 4.69) is 9.55 Å². The SMILES string of the molecule is CC(C)(O)CN(Cc1ccccc1)C(=O)C1CCn2cncc2C1. The first-order valence-corrected chi connectivity index (χ1v) is 8.46. The summed E-state index contributed by atoms with van der Waals surface area (Å²) in [5.74, 6) is 0.0775. The summed E-state index contributed by atoms with van der Waals surface area (Å²) in [4.78, 5) is 19.1. The number of nitrogens with zero attached hydrogens (tertiary/aromatic N) is 3. The van der Waals surface area contributed by atoms with E-state index in [1.807, 2.05) is 42.9 Å². The molecule has 0 bridgehead atoms. The largest absolute Gasteiger partial charge is 0.389 e. The van der Waals surface area contributed by atoms with Crippen molar-refractivity contribution in [2.45, 2.75) is 45.4 Å². The Morgan fingerprint density at radius 1 is 1.38 bits per heavy atom. The average molecular weight is 327 g/mol. The van der Waals surface area contributed by atoms with E-state index in [0.717, 1.165) is 30.6 Å². The van der Waals surface area contributed by atoms with Crippen molar-refractivity contribution in [3.8, 4) is 0 Å². The van der Waals surface area contributed by atoms with Gasteiger partial charge in [-0.2, -0.15) is 0 Å². The molecule has 1 aromatic carbocycles. The van der Waals surface area contributed by atoms with Gasteiger partial charge in [-0.3, -0.25) is 4.79 Å². The second kappa shape index (κ2) is 6.77. The Bertz CT molecular complexity index is 688. The lowest BCUT2D eigenvalue weighted by molar-refractivity contribution is -0.140. The zero-order valence-electron chi connectivity index (χ0n) is 14.4. The molecule has 0 fully saturated rings. The number of carbonyl (C=O) groups excluding carboxylic acids is 1. The second-order valence-electron chi connectivity index (χ2n) is 7.26. The summed E-state index contributed by atoms with van der Waals surface area (Å²) >= 11 is 0. The summed E-state index contributed by atoms with van der Waals surface area (Å²) < 4.78 is 2.11. The molecule has 1 amide bonds. The molecule has 0 saturated heterocycles. The minimum atomic E-state index is -0.916. The Labute approximate surface area is 142 Å². The van der Waals surface area contributed by atoms with Crippen molar-refractivity contribution in [2.75, 3.05) is 6.54 Å². The lowest BCUT2D eigenvalue weighted by atomic mass is 9.94. The molecule has 24 heavy (non-hydrogen) atoms. The van der Waals surface area contributed by atoms with Crippen LogP contribution in [0.4, 0.5) is 0 Å². The van der Waals surface area contributed by atoms with Gasteiger partial charge in [0.1, 0.15) is 0 Å². The van der Waals surface area contributed by atoms with Crippen LogP contribution >= 0.6 is 0 Å². The highest BCUT2D eigenvalue weighted by Crippen LogP contribution is 2.23. The van der Waals surface area contributed by atoms with E-state index in [-0.39, 0.29) is 11.8 Å². The van der Waals surface area contributed by atoms with Crippen LogP contribution in [0.1, 0.15) is 31.5 Å². The number of hydrogen-bond acceptors (Lipinski definition) is 3. The lowest BCUT2D eigenvalue weighted by Crippen LogP contribution is -2.45. The summed E-state index contributed by atoms with van der Waals surface area (Å²) in [5.41, 5.74) is 1.28. The molecule has 1 aromatic heterocycles. The van der Waals surface area contributed by atoms with Crippen molar-refractivity contribution < 1.29 is 9.90 Å². The van der Waals surface area contributed by atoms with Crippen molar-refractivity contribution in [1.82, 2.24) is 14.5 Å². The van der Waals surface area contributed by atoms with Crippen LogP contribution in [0.25, 0.3) is 0 Å². The molecule has 2 heterocycles. The van der Waals surface area contributed by atoms with Crippen LogP contribution in [0.5, 0.6) is 0 Å². The van der Waals surface area contributed by atoms with Crippen molar-refractivity contribution in [3.05, 3.63) is 54.1 Å². The van der Waals surface area contributed by atoms with Crippen LogP contribution < -0.4 is 0 Å². The van der Waals surface area contributed by atoms with Crippen LogP contribution in [0.2, 0.25) is 0 Å². The molecule has 3 rings (SSSR count). The fraction of sp³-hybridized carbons (Fsp3) is 0.474. The van der Waals surface area contributed by atoms with Gasteiger partial charge in [-0.25, -0.2) is 4.98 Å². The van der Waals surface area contributed by atoms with Gasteiger partial charge in [-0.05, 0) is 25.8 Å². The number of benzene rings is 1. The average Bonchev–Trinajstić information content (AvgIpc) is 3.01. The predicted molar refractivity (Wildman–Crippen MR) is 92.2 cm³/mol. The van der Waals surface area contributed by atoms with Crippen LogP contribution in [0, 0.1) is 5.92 Å². The third-order valence-corrected chi connectivity index (χ3v) is 4.43. The molecule has 1 aliphatic heterocycles. The molecule has 0 saturated carbocycles. The van der Waals surface area contributed by atoms with E-state index in [1.54, 1.807) is 18.7 Å². The monoisotopic (exact) mass is 327 g/mol. The third-order valence-electron chi connectivity index (χ3n) is 4.43. The Balaban J connectivity index is 1.76. The van der Waals surface area contributed by atoms with Crippen LogP contribution in [-0.2, 0) is 24.3 Å². The quantitative estimate of drug-likeness (QED) is 0.916. The first-order chi connectivity index (χ1) is 11.4. The predicted octanol–water partition coefficient (Wildman–Crippen LogP) is 2.25. The van der Waals surface area contributed by atoms with E-state index >= 15 is 0 Å². The van der Waals surface area contributed by atoms with Gasteiger partial charge >= 0.3 is 0 Å². The smallest absolute Gasteiger partial charge is 0.226 e. The van der Waals surface area contributed by atoms with Gasteiger partial charge in [-0.15, -0.1) is 0 Å². The number of aliphatic hydroxyl groups is 1. The molecular weight excluding hydrogens is 302 g/mol. The zero-order chi connectivity index (χ0) is 17.2. The van der Waals surface area contributed by atoms with Gasteiger partial charge in [-0.1, -0.05) is 30.3 Å². The summed E-state index contributed by atoms with van der Waals surface area (Å²) in [6, 6.07) is 9.94. The third kappa shape index (κ3) is 4.03. The van der Waals surface area contributed by atoms with Crippen molar-refractivity contribution in [1.29, 1.82) is 0 Å². The molecule has 0 spiro atoms. The number of rotatable bonds is 5. The highest BCUT2D eigenvalue weighted by atomic mass is 16.3. The number of imidazole rings is 1. The Kier molecular flexibility index (Phi) is 4.71. The summed E-state index contributed by atoms with van der Waals surface area (Å²) in [6.45, 7) is 5.17. The van der Waals surface area contributed by atoms with Crippen LogP contribution in [0.15, 0.2) is 42.9 Å². The van der Waals surface area contributed by atoms with E-state index in [1.165, 1.54) is 0 Å². The second-order valence-corrected chi connectivity index (χ2v) is 7.26. The molecule has 0 aliphatic carbocycles. The maximum Gasteiger partial charge on any atom is 0.226 e. The number of amides is 1. The van der Waals surface area contributed by atoms with Gasteiger partial charge in [0.15, 0.2) is 0 Å². The highest BCUT2D eigenvalue weighted by Gasteiger charge is 2.31. The molecule has 1 N–H and O–H groups in total. The fourth-order valence-electron chi connectivity index (χ4n) is 3.32.